The van der Waals surface area contributed by atoms with Crippen molar-refractivity contribution in [3.63, 3.8) is 0 Å². The molecule has 6 nitrogen and oxygen atoms in total. The fraction of sp³-hybridized carbons (Fsp3) is 0.833. The number of β-amino-alcohol motifs (C(OH)–C–C–N with tert-alkyl or cyclic N) is 1. The molecule has 2 fully saturated rings. The van der Waals surface area contributed by atoms with Crippen LogP contribution in [0, 0.1) is 0 Å². The molecule has 18 heavy (non-hydrogen) atoms. The number of carbonyl (C=O) groups excluding carboxylic acids is 2. The first-order valence-corrected chi connectivity index (χ1v) is 6.51. The summed E-state index contributed by atoms with van der Waals surface area (Å²) in [6.07, 6.45) is 1.42. The molecule has 1 atom stereocenters. The van der Waals surface area contributed by atoms with Crippen LogP contribution in [0.2, 0.25) is 0 Å². The van der Waals surface area contributed by atoms with E-state index in [1.54, 1.807) is 11.8 Å². The number of nitrogens with zero attached hydrogens (tertiary/aromatic N) is 2. The summed E-state index contributed by atoms with van der Waals surface area (Å²) in [4.78, 5) is 27.2. The summed E-state index contributed by atoms with van der Waals surface area (Å²) in [6.45, 7) is 5.15. The molecular formula is C12H21N3O3. The number of amides is 2. The van der Waals surface area contributed by atoms with Gasteiger partial charge < -0.3 is 20.2 Å². The van der Waals surface area contributed by atoms with Crippen molar-refractivity contribution < 1.29 is 14.7 Å². The summed E-state index contributed by atoms with van der Waals surface area (Å²) in [6, 6.07) is 0. The molecule has 6 heteroatoms. The Hall–Kier alpha value is -1.14. The lowest BCUT2D eigenvalue weighted by Gasteiger charge is -2.37. The van der Waals surface area contributed by atoms with Crippen LogP contribution in [0.3, 0.4) is 0 Å². The highest BCUT2D eigenvalue weighted by Crippen LogP contribution is 2.20. The molecule has 0 bridgehead atoms. The van der Waals surface area contributed by atoms with Gasteiger partial charge >= 0.3 is 11.8 Å². The van der Waals surface area contributed by atoms with Crippen LogP contribution in [0.1, 0.15) is 19.8 Å². The van der Waals surface area contributed by atoms with Crippen molar-refractivity contribution >= 4 is 11.8 Å². The standard InChI is InChI=1S/C12H21N3O3/c1-12(18)3-2-6-15(9-12)11(17)10(16)14-7-4-13-5-8-14/h13,18H,2-9H2,1H3. The quantitative estimate of drug-likeness (QED) is 0.533. The first kappa shape index (κ1) is 13.3. The lowest BCUT2D eigenvalue weighted by atomic mass is 9.95. The highest BCUT2D eigenvalue weighted by atomic mass is 16.3. The van der Waals surface area contributed by atoms with Gasteiger partial charge in [-0.05, 0) is 19.8 Å². The second kappa shape index (κ2) is 5.24. The molecule has 1 unspecified atom stereocenters. The van der Waals surface area contributed by atoms with Gasteiger partial charge in [0.2, 0.25) is 0 Å². The molecule has 2 aliphatic heterocycles. The predicted molar refractivity (Wildman–Crippen MR) is 65.9 cm³/mol. The summed E-state index contributed by atoms with van der Waals surface area (Å²) in [5, 5.41) is 13.1. The van der Waals surface area contributed by atoms with Gasteiger partial charge in [-0.2, -0.15) is 0 Å². The van der Waals surface area contributed by atoms with Gasteiger partial charge in [0.15, 0.2) is 0 Å². The van der Waals surface area contributed by atoms with Gasteiger partial charge in [0.05, 0.1) is 5.60 Å². The Balaban J connectivity index is 1.95. The molecule has 2 N–H and O–H groups in total. The Morgan fingerprint density at radius 2 is 1.72 bits per heavy atom. The highest BCUT2D eigenvalue weighted by molar-refractivity contribution is 6.34. The molecule has 0 saturated carbocycles. The fourth-order valence-electron chi connectivity index (χ4n) is 2.53. The van der Waals surface area contributed by atoms with Crippen molar-refractivity contribution in [3.8, 4) is 0 Å². The van der Waals surface area contributed by atoms with E-state index in [9.17, 15) is 14.7 Å². The van der Waals surface area contributed by atoms with Crippen molar-refractivity contribution in [1.82, 2.24) is 15.1 Å². The smallest absolute Gasteiger partial charge is 0.312 e. The van der Waals surface area contributed by atoms with E-state index >= 15 is 0 Å². The van der Waals surface area contributed by atoms with Gasteiger partial charge in [-0.1, -0.05) is 0 Å². The topological polar surface area (TPSA) is 72.9 Å². The summed E-state index contributed by atoms with van der Waals surface area (Å²) in [5.41, 5.74) is -0.863. The summed E-state index contributed by atoms with van der Waals surface area (Å²) < 4.78 is 0. The van der Waals surface area contributed by atoms with Crippen LogP contribution in [0.5, 0.6) is 0 Å². The van der Waals surface area contributed by atoms with Crippen LogP contribution >= 0.6 is 0 Å². The lowest BCUT2D eigenvalue weighted by Crippen LogP contribution is -2.56. The van der Waals surface area contributed by atoms with Gasteiger partial charge in [0.25, 0.3) is 0 Å². The Morgan fingerprint density at radius 1 is 1.11 bits per heavy atom. The molecular weight excluding hydrogens is 234 g/mol. The molecule has 2 amide bonds. The van der Waals surface area contributed by atoms with E-state index < -0.39 is 17.4 Å². The number of aliphatic hydroxyl groups is 1. The second-order valence-electron chi connectivity index (χ2n) is 5.37. The van der Waals surface area contributed by atoms with Crippen molar-refractivity contribution in [2.45, 2.75) is 25.4 Å². The SMILES string of the molecule is CC1(O)CCCN(C(=O)C(=O)N2CCNCC2)C1. The van der Waals surface area contributed by atoms with Crippen LogP contribution in [0.15, 0.2) is 0 Å². The number of nitrogens with one attached hydrogen (secondary N) is 1. The molecule has 0 aliphatic carbocycles. The Morgan fingerprint density at radius 3 is 2.33 bits per heavy atom. The molecule has 0 aromatic carbocycles. The maximum absolute atomic E-state index is 12.1. The van der Waals surface area contributed by atoms with Gasteiger partial charge in [-0.25, -0.2) is 0 Å². The zero-order valence-corrected chi connectivity index (χ0v) is 10.8. The molecule has 0 aromatic rings. The molecule has 2 heterocycles. The largest absolute Gasteiger partial charge is 0.388 e. The fourth-order valence-corrected chi connectivity index (χ4v) is 2.53. The van der Waals surface area contributed by atoms with E-state index in [0.717, 1.165) is 19.5 Å². The molecule has 0 radical (unpaired) electrons. The lowest BCUT2D eigenvalue weighted by molar-refractivity contribution is -0.155. The van der Waals surface area contributed by atoms with E-state index in [0.29, 0.717) is 26.1 Å². The predicted octanol–water partition coefficient (Wildman–Crippen LogP) is -1.21. The Labute approximate surface area is 107 Å². The van der Waals surface area contributed by atoms with Crippen molar-refractivity contribution in [3.05, 3.63) is 0 Å². The van der Waals surface area contributed by atoms with E-state index in [1.165, 1.54) is 4.90 Å². The zero-order chi connectivity index (χ0) is 13.2. The first-order chi connectivity index (χ1) is 8.49. The number of piperazine rings is 1. The average molecular weight is 255 g/mol. The van der Waals surface area contributed by atoms with Crippen molar-refractivity contribution in [1.29, 1.82) is 0 Å². The van der Waals surface area contributed by atoms with Crippen LogP contribution in [0.4, 0.5) is 0 Å². The molecule has 0 spiro atoms. The maximum atomic E-state index is 12.1. The van der Waals surface area contributed by atoms with Crippen molar-refractivity contribution in [2.75, 3.05) is 39.3 Å². The molecule has 2 aliphatic rings. The molecule has 0 aromatic heterocycles. The zero-order valence-electron chi connectivity index (χ0n) is 10.8. The number of rotatable bonds is 0. The monoisotopic (exact) mass is 255 g/mol. The second-order valence-corrected chi connectivity index (χ2v) is 5.37. The number of piperidine rings is 1. The highest BCUT2D eigenvalue weighted by Gasteiger charge is 2.35. The van der Waals surface area contributed by atoms with Crippen LogP contribution in [0.25, 0.3) is 0 Å². The van der Waals surface area contributed by atoms with Crippen LogP contribution in [-0.2, 0) is 9.59 Å². The Kier molecular flexibility index (Phi) is 3.87. The average Bonchev–Trinajstić information content (AvgIpc) is 2.37. The third kappa shape index (κ3) is 3.00. The summed E-state index contributed by atoms with van der Waals surface area (Å²) in [5.74, 6) is -0.911. The molecule has 2 saturated heterocycles. The Bertz CT molecular complexity index is 337. The third-order valence-electron chi connectivity index (χ3n) is 3.55. The molecule has 2 rings (SSSR count). The number of hydrogen-bond acceptors (Lipinski definition) is 4. The molecule has 102 valence electrons. The minimum atomic E-state index is -0.863. The van der Waals surface area contributed by atoms with Crippen LogP contribution < -0.4 is 5.32 Å². The third-order valence-corrected chi connectivity index (χ3v) is 3.55. The minimum absolute atomic E-state index is 0.254. The van der Waals surface area contributed by atoms with E-state index in [-0.39, 0.29) is 6.54 Å². The summed E-state index contributed by atoms with van der Waals surface area (Å²) >= 11 is 0. The van der Waals surface area contributed by atoms with Gasteiger partial charge in [-0.15, -0.1) is 0 Å². The van der Waals surface area contributed by atoms with Gasteiger partial charge in [0.1, 0.15) is 0 Å². The van der Waals surface area contributed by atoms with Gasteiger partial charge in [0, 0.05) is 39.3 Å². The van der Waals surface area contributed by atoms with E-state index in [4.69, 9.17) is 0 Å². The van der Waals surface area contributed by atoms with E-state index in [2.05, 4.69) is 5.32 Å². The first-order valence-electron chi connectivity index (χ1n) is 6.51. The minimum Gasteiger partial charge on any atom is -0.388 e. The van der Waals surface area contributed by atoms with Crippen LogP contribution in [-0.4, -0.2) is 71.6 Å². The summed E-state index contributed by atoms with van der Waals surface area (Å²) in [7, 11) is 0. The maximum Gasteiger partial charge on any atom is 0.312 e. The van der Waals surface area contributed by atoms with E-state index in [1.807, 2.05) is 0 Å². The number of carbonyl (C=O) groups is 2. The normalized spacial score (nSPS) is 29.2. The van der Waals surface area contributed by atoms with Gasteiger partial charge in [-0.3, -0.25) is 9.59 Å². The van der Waals surface area contributed by atoms with Crippen molar-refractivity contribution in [2.24, 2.45) is 0 Å². The number of hydrogen-bond donors (Lipinski definition) is 2. The number of likely N-dealkylation sites (tertiary alicyclic amines) is 1.